The number of aromatic amines is 1. The van der Waals surface area contributed by atoms with Gasteiger partial charge in [-0.25, -0.2) is 0 Å². The number of hydrogen-bond donors (Lipinski definition) is 1. The van der Waals surface area contributed by atoms with Gasteiger partial charge in [-0.15, -0.1) is 0 Å². The number of esters is 1. The highest BCUT2D eigenvalue weighted by Crippen LogP contribution is 2.24. The van der Waals surface area contributed by atoms with E-state index in [1.807, 2.05) is 37.3 Å². The quantitative estimate of drug-likeness (QED) is 0.754. The van der Waals surface area contributed by atoms with Gasteiger partial charge in [0.1, 0.15) is 0 Å². The van der Waals surface area contributed by atoms with E-state index in [0.29, 0.717) is 26.1 Å². The van der Waals surface area contributed by atoms with Crippen LogP contribution >= 0.6 is 11.3 Å². The van der Waals surface area contributed by atoms with Gasteiger partial charge in [0.2, 0.25) is 0 Å². The molecule has 23 heavy (non-hydrogen) atoms. The Kier molecular flexibility index (Phi) is 6.55. The highest BCUT2D eigenvalue weighted by atomic mass is 32.1. The molecule has 0 aliphatic rings. The van der Waals surface area contributed by atoms with Crippen LogP contribution in [0.15, 0.2) is 35.1 Å². The monoisotopic (exact) mass is 334 g/mol. The van der Waals surface area contributed by atoms with Gasteiger partial charge in [-0.2, -0.15) is 0 Å². The maximum absolute atomic E-state index is 11.8. The molecule has 0 radical (unpaired) electrons. The summed E-state index contributed by atoms with van der Waals surface area (Å²) >= 11 is 1.23. The zero-order valence-electron chi connectivity index (χ0n) is 13.5. The largest absolute Gasteiger partial charge is 0.466 e. The smallest absolute Gasteiger partial charge is 0.307 e. The molecule has 2 rings (SSSR count). The minimum atomic E-state index is -0.184. The van der Waals surface area contributed by atoms with Crippen LogP contribution in [0.3, 0.4) is 0 Å². The molecule has 5 nitrogen and oxygen atoms in total. The number of nitrogens with one attached hydrogen (secondary N) is 1. The van der Waals surface area contributed by atoms with Gasteiger partial charge in [0.05, 0.1) is 18.7 Å². The molecule has 1 heterocycles. The zero-order chi connectivity index (χ0) is 16.7. The Morgan fingerprint density at radius 1 is 1.26 bits per heavy atom. The summed E-state index contributed by atoms with van der Waals surface area (Å²) in [5.74, 6) is -0.184. The van der Waals surface area contributed by atoms with Gasteiger partial charge in [-0.3, -0.25) is 14.5 Å². The molecule has 6 heteroatoms. The fourth-order valence-corrected chi connectivity index (χ4v) is 3.24. The van der Waals surface area contributed by atoms with Crippen molar-refractivity contribution in [3.8, 4) is 11.3 Å². The Labute approximate surface area is 139 Å². The minimum absolute atomic E-state index is 0.0553. The van der Waals surface area contributed by atoms with Crippen molar-refractivity contribution in [3.63, 3.8) is 0 Å². The molecule has 0 amide bonds. The Hall–Kier alpha value is -1.92. The standard InChI is InChI=1S/C17H22N2O3S/c1-3-19(11-10-15(20)22-4-2)12-14-16(18-17(21)23-14)13-8-6-5-7-9-13/h5-9H,3-4,10-12H2,1-2H3,(H,18,21). The third kappa shape index (κ3) is 5.04. The van der Waals surface area contributed by atoms with Crippen molar-refractivity contribution in [3.05, 3.63) is 44.9 Å². The lowest BCUT2D eigenvalue weighted by Crippen LogP contribution is -2.26. The van der Waals surface area contributed by atoms with Gasteiger partial charge in [-0.1, -0.05) is 48.6 Å². The van der Waals surface area contributed by atoms with E-state index >= 15 is 0 Å². The second-order valence-corrected chi connectivity index (χ2v) is 6.17. The average Bonchev–Trinajstić information content (AvgIpc) is 2.93. The molecule has 0 spiro atoms. The van der Waals surface area contributed by atoms with E-state index in [4.69, 9.17) is 4.74 Å². The summed E-state index contributed by atoms with van der Waals surface area (Å²) in [6, 6.07) is 9.82. The lowest BCUT2D eigenvalue weighted by molar-refractivity contribution is -0.143. The van der Waals surface area contributed by atoms with E-state index in [-0.39, 0.29) is 10.8 Å². The first-order valence-corrected chi connectivity index (χ1v) is 8.61. The van der Waals surface area contributed by atoms with Crippen LogP contribution in [0, 0.1) is 0 Å². The van der Waals surface area contributed by atoms with E-state index in [1.165, 1.54) is 11.3 Å². The molecule has 0 saturated heterocycles. The van der Waals surface area contributed by atoms with Crippen molar-refractivity contribution < 1.29 is 9.53 Å². The van der Waals surface area contributed by atoms with Gasteiger partial charge >= 0.3 is 10.8 Å². The molecule has 1 aromatic carbocycles. The molecular formula is C17H22N2O3S. The normalized spacial score (nSPS) is 10.9. The third-order valence-corrected chi connectivity index (χ3v) is 4.40. The van der Waals surface area contributed by atoms with Crippen LogP contribution in [0.4, 0.5) is 0 Å². The van der Waals surface area contributed by atoms with Crippen LogP contribution in [0.25, 0.3) is 11.3 Å². The molecule has 2 aromatic rings. The molecule has 0 aliphatic heterocycles. The van der Waals surface area contributed by atoms with Crippen molar-refractivity contribution in [1.29, 1.82) is 0 Å². The lowest BCUT2D eigenvalue weighted by atomic mass is 10.1. The van der Waals surface area contributed by atoms with Crippen molar-refractivity contribution >= 4 is 17.3 Å². The number of hydrogen-bond acceptors (Lipinski definition) is 5. The van der Waals surface area contributed by atoms with Crippen LogP contribution in [0.2, 0.25) is 0 Å². The Morgan fingerprint density at radius 2 is 2.00 bits per heavy atom. The molecule has 0 aliphatic carbocycles. The molecule has 0 saturated carbocycles. The van der Waals surface area contributed by atoms with Gasteiger partial charge < -0.3 is 9.72 Å². The van der Waals surface area contributed by atoms with E-state index in [9.17, 15) is 9.59 Å². The number of ether oxygens (including phenoxy) is 1. The maximum Gasteiger partial charge on any atom is 0.307 e. The number of H-pyrrole nitrogens is 1. The summed E-state index contributed by atoms with van der Waals surface area (Å²) in [4.78, 5) is 29.3. The molecule has 0 bridgehead atoms. The summed E-state index contributed by atoms with van der Waals surface area (Å²) < 4.78 is 4.96. The summed E-state index contributed by atoms with van der Waals surface area (Å²) in [5, 5.41) is 0. The van der Waals surface area contributed by atoms with Crippen LogP contribution in [-0.2, 0) is 16.1 Å². The fourth-order valence-electron chi connectivity index (χ4n) is 2.34. The van der Waals surface area contributed by atoms with Crippen LogP contribution in [-0.4, -0.2) is 35.5 Å². The topological polar surface area (TPSA) is 62.4 Å². The number of aromatic nitrogens is 1. The Morgan fingerprint density at radius 3 is 2.65 bits per heavy atom. The minimum Gasteiger partial charge on any atom is -0.466 e. The van der Waals surface area contributed by atoms with E-state index < -0.39 is 0 Å². The summed E-state index contributed by atoms with van der Waals surface area (Å²) in [5.41, 5.74) is 1.87. The van der Waals surface area contributed by atoms with Crippen molar-refractivity contribution in [2.24, 2.45) is 0 Å². The second kappa shape index (κ2) is 8.64. The molecule has 1 N–H and O–H groups in total. The van der Waals surface area contributed by atoms with Crippen LogP contribution in [0.5, 0.6) is 0 Å². The summed E-state index contributed by atoms with van der Waals surface area (Å²) in [6.07, 6.45) is 0.363. The molecule has 124 valence electrons. The van der Waals surface area contributed by atoms with Crippen LogP contribution < -0.4 is 4.87 Å². The second-order valence-electron chi connectivity index (χ2n) is 5.10. The van der Waals surface area contributed by atoms with Gasteiger partial charge in [-0.05, 0) is 19.0 Å². The summed E-state index contributed by atoms with van der Waals surface area (Å²) in [6.45, 7) is 6.32. The van der Waals surface area contributed by atoms with E-state index in [1.54, 1.807) is 6.92 Å². The number of carbonyl (C=O) groups excluding carboxylic acids is 1. The molecule has 0 fully saturated rings. The van der Waals surface area contributed by atoms with E-state index in [2.05, 4.69) is 9.88 Å². The van der Waals surface area contributed by atoms with Gasteiger partial charge in [0.25, 0.3) is 0 Å². The number of carbonyl (C=O) groups is 1. The lowest BCUT2D eigenvalue weighted by Gasteiger charge is -2.19. The number of rotatable bonds is 8. The zero-order valence-corrected chi connectivity index (χ0v) is 14.3. The first-order chi connectivity index (χ1) is 11.1. The number of benzene rings is 1. The SMILES string of the molecule is CCOC(=O)CCN(CC)Cc1sc(=O)[nH]c1-c1ccccc1. The van der Waals surface area contributed by atoms with E-state index in [0.717, 1.165) is 22.7 Å². The predicted molar refractivity (Wildman–Crippen MR) is 92.6 cm³/mol. The fraction of sp³-hybridized carbons (Fsp3) is 0.412. The van der Waals surface area contributed by atoms with Gasteiger partial charge in [0.15, 0.2) is 0 Å². The molecular weight excluding hydrogens is 312 g/mol. The van der Waals surface area contributed by atoms with Crippen molar-refractivity contribution in [2.75, 3.05) is 19.7 Å². The average molecular weight is 334 g/mol. The molecule has 1 aromatic heterocycles. The Bertz CT molecular complexity index is 679. The first-order valence-electron chi connectivity index (χ1n) is 7.79. The highest BCUT2D eigenvalue weighted by molar-refractivity contribution is 7.09. The third-order valence-electron chi connectivity index (χ3n) is 3.54. The maximum atomic E-state index is 11.8. The predicted octanol–water partition coefficient (Wildman–Crippen LogP) is 2.88. The Balaban J connectivity index is 2.09. The number of nitrogens with zero attached hydrogens (tertiary/aromatic N) is 1. The first kappa shape index (κ1) is 17.4. The number of thiazole rings is 1. The summed E-state index contributed by atoms with van der Waals surface area (Å²) in [7, 11) is 0. The van der Waals surface area contributed by atoms with Crippen molar-refractivity contribution in [1.82, 2.24) is 9.88 Å². The van der Waals surface area contributed by atoms with Gasteiger partial charge in [0, 0.05) is 18.0 Å². The molecule has 0 atom stereocenters. The highest BCUT2D eigenvalue weighted by Gasteiger charge is 2.14. The van der Waals surface area contributed by atoms with Crippen LogP contribution in [0.1, 0.15) is 25.1 Å². The van der Waals surface area contributed by atoms with Crippen molar-refractivity contribution in [2.45, 2.75) is 26.8 Å². The molecule has 0 unspecified atom stereocenters.